The van der Waals surface area contributed by atoms with Gasteiger partial charge in [-0.05, 0) is 55.4 Å². The van der Waals surface area contributed by atoms with Gasteiger partial charge in [0.2, 0.25) is 0 Å². The predicted molar refractivity (Wildman–Crippen MR) is 80.2 cm³/mol. The number of hydrogen-bond acceptors (Lipinski definition) is 3. The zero-order valence-corrected chi connectivity index (χ0v) is 12.3. The van der Waals surface area contributed by atoms with Crippen molar-refractivity contribution in [1.82, 2.24) is 9.97 Å². The molecule has 0 aliphatic heterocycles. The van der Waals surface area contributed by atoms with Gasteiger partial charge in [-0.2, -0.15) is 0 Å². The van der Waals surface area contributed by atoms with E-state index in [0.29, 0.717) is 18.1 Å². The lowest BCUT2D eigenvalue weighted by Crippen LogP contribution is -2.18. The molecule has 1 aliphatic carbocycles. The lowest BCUT2D eigenvalue weighted by atomic mass is 9.81. The number of nitrogens with one attached hydrogen (secondary N) is 1. The maximum Gasteiger partial charge on any atom is 0.338 e. The Labute approximate surface area is 124 Å². The van der Waals surface area contributed by atoms with Crippen molar-refractivity contribution in [2.75, 3.05) is 6.61 Å². The molecule has 1 atom stereocenters. The minimum absolute atomic E-state index is 0.228. The average Bonchev–Trinajstić information content (AvgIpc) is 2.99. The number of rotatable bonds is 4. The van der Waals surface area contributed by atoms with Gasteiger partial charge in [0.05, 0.1) is 12.2 Å². The fourth-order valence-corrected chi connectivity index (χ4v) is 3.03. The van der Waals surface area contributed by atoms with E-state index in [4.69, 9.17) is 4.74 Å². The van der Waals surface area contributed by atoms with Crippen molar-refractivity contribution in [3.05, 3.63) is 53.1 Å². The summed E-state index contributed by atoms with van der Waals surface area (Å²) in [6.45, 7) is 2.24. The standard InChI is InChI=1S/C17H20N2O2/c1-2-21-17(20)14-6-5-13-4-3-12(9-15(13)11-14)10-16-18-7-8-19-16/h5-8,11-12H,2-4,9-10H2,1H3,(H,18,19). The van der Waals surface area contributed by atoms with Crippen molar-refractivity contribution in [3.8, 4) is 0 Å². The number of imidazole rings is 1. The monoisotopic (exact) mass is 284 g/mol. The summed E-state index contributed by atoms with van der Waals surface area (Å²) in [5.74, 6) is 1.40. The van der Waals surface area contributed by atoms with Crippen LogP contribution in [0, 0.1) is 5.92 Å². The number of carbonyl (C=O) groups excluding carboxylic acids is 1. The Morgan fingerprint density at radius 2 is 2.33 bits per heavy atom. The van der Waals surface area contributed by atoms with Crippen LogP contribution in [0.1, 0.15) is 40.7 Å². The molecule has 2 aromatic rings. The number of hydrogen-bond donors (Lipinski definition) is 1. The highest BCUT2D eigenvalue weighted by molar-refractivity contribution is 5.89. The molecule has 0 amide bonds. The van der Waals surface area contributed by atoms with E-state index >= 15 is 0 Å². The molecule has 1 heterocycles. The Morgan fingerprint density at radius 3 is 3.10 bits per heavy atom. The van der Waals surface area contributed by atoms with E-state index in [0.717, 1.165) is 25.1 Å². The first-order valence-corrected chi connectivity index (χ1v) is 7.53. The molecule has 0 radical (unpaired) electrons. The molecule has 21 heavy (non-hydrogen) atoms. The average molecular weight is 284 g/mol. The van der Waals surface area contributed by atoms with Crippen LogP contribution in [0.3, 0.4) is 0 Å². The summed E-state index contributed by atoms with van der Waals surface area (Å²) in [7, 11) is 0. The summed E-state index contributed by atoms with van der Waals surface area (Å²) >= 11 is 0. The van der Waals surface area contributed by atoms with Crippen LogP contribution in [0.2, 0.25) is 0 Å². The number of benzene rings is 1. The van der Waals surface area contributed by atoms with E-state index in [1.807, 2.05) is 25.3 Å². The number of nitrogens with zero attached hydrogens (tertiary/aromatic N) is 1. The van der Waals surface area contributed by atoms with E-state index < -0.39 is 0 Å². The Morgan fingerprint density at radius 1 is 1.43 bits per heavy atom. The molecule has 110 valence electrons. The molecular formula is C17H20N2O2. The summed E-state index contributed by atoms with van der Waals surface area (Å²) in [4.78, 5) is 19.3. The molecule has 1 aromatic carbocycles. The number of H-pyrrole nitrogens is 1. The van der Waals surface area contributed by atoms with E-state index in [9.17, 15) is 4.79 Å². The normalized spacial score (nSPS) is 17.3. The number of aromatic nitrogens is 2. The third-order valence-electron chi connectivity index (χ3n) is 4.08. The van der Waals surface area contributed by atoms with Crippen LogP contribution < -0.4 is 0 Å². The summed E-state index contributed by atoms with van der Waals surface area (Å²) in [5, 5.41) is 0. The zero-order valence-electron chi connectivity index (χ0n) is 12.3. The Balaban J connectivity index is 1.74. The Kier molecular flexibility index (Phi) is 4.04. The highest BCUT2D eigenvalue weighted by Gasteiger charge is 2.21. The Bertz CT molecular complexity index is 620. The number of esters is 1. The van der Waals surface area contributed by atoms with E-state index in [-0.39, 0.29) is 5.97 Å². The lowest BCUT2D eigenvalue weighted by Gasteiger charge is -2.24. The first-order valence-electron chi connectivity index (χ1n) is 7.53. The number of carbonyl (C=O) groups is 1. The van der Waals surface area contributed by atoms with Crippen molar-refractivity contribution in [2.24, 2.45) is 5.92 Å². The van der Waals surface area contributed by atoms with E-state index in [2.05, 4.69) is 16.0 Å². The van der Waals surface area contributed by atoms with Crippen LogP contribution in [0.25, 0.3) is 0 Å². The maximum absolute atomic E-state index is 11.8. The summed E-state index contributed by atoms with van der Waals surface area (Å²) in [5.41, 5.74) is 3.30. The molecular weight excluding hydrogens is 264 g/mol. The van der Waals surface area contributed by atoms with Gasteiger partial charge in [-0.1, -0.05) is 6.07 Å². The smallest absolute Gasteiger partial charge is 0.338 e. The van der Waals surface area contributed by atoms with Gasteiger partial charge >= 0.3 is 5.97 Å². The molecule has 3 rings (SSSR count). The largest absolute Gasteiger partial charge is 0.462 e. The summed E-state index contributed by atoms with van der Waals surface area (Å²) in [6.07, 6.45) is 7.88. The van der Waals surface area contributed by atoms with E-state index in [1.165, 1.54) is 17.5 Å². The van der Waals surface area contributed by atoms with Crippen molar-refractivity contribution < 1.29 is 9.53 Å². The van der Waals surface area contributed by atoms with Gasteiger partial charge in [-0.3, -0.25) is 0 Å². The second-order valence-corrected chi connectivity index (χ2v) is 5.55. The molecule has 4 heteroatoms. The third kappa shape index (κ3) is 3.15. The van der Waals surface area contributed by atoms with Crippen LogP contribution >= 0.6 is 0 Å². The van der Waals surface area contributed by atoms with Gasteiger partial charge in [-0.15, -0.1) is 0 Å². The lowest BCUT2D eigenvalue weighted by molar-refractivity contribution is 0.0526. The molecule has 0 saturated carbocycles. The first kappa shape index (κ1) is 13.9. The van der Waals surface area contributed by atoms with Gasteiger partial charge in [-0.25, -0.2) is 9.78 Å². The molecule has 1 aliphatic rings. The van der Waals surface area contributed by atoms with Gasteiger partial charge in [0, 0.05) is 18.8 Å². The highest BCUT2D eigenvalue weighted by atomic mass is 16.5. The highest BCUT2D eigenvalue weighted by Crippen LogP contribution is 2.28. The number of aromatic amines is 1. The van der Waals surface area contributed by atoms with Crippen LogP contribution in [0.4, 0.5) is 0 Å². The van der Waals surface area contributed by atoms with E-state index in [1.54, 1.807) is 6.20 Å². The molecule has 0 saturated heterocycles. The van der Waals surface area contributed by atoms with Gasteiger partial charge in [0.1, 0.15) is 5.82 Å². The van der Waals surface area contributed by atoms with Gasteiger partial charge in [0.25, 0.3) is 0 Å². The van der Waals surface area contributed by atoms with Crippen molar-refractivity contribution >= 4 is 5.97 Å². The second-order valence-electron chi connectivity index (χ2n) is 5.55. The minimum atomic E-state index is -0.228. The molecule has 4 nitrogen and oxygen atoms in total. The quantitative estimate of drug-likeness (QED) is 0.878. The molecule has 1 aromatic heterocycles. The first-order chi connectivity index (χ1) is 10.3. The van der Waals surface area contributed by atoms with Gasteiger partial charge < -0.3 is 9.72 Å². The predicted octanol–water partition coefficient (Wildman–Crippen LogP) is 2.93. The second kappa shape index (κ2) is 6.12. The molecule has 1 unspecified atom stereocenters. The molecule has 0 fully saturated rings. The Hall–Kier alpha value is -2.10. The SMILES string of the molecule is CCOC(=O)c1ccc2c(c1)CC(Cc1ncc[nH]1)CC2. The van der Waals surface area contributed by atoms with Crippen molar-refractivity contribution in [2.45, 2.75) is 32.6 Å². The third-order valence-corrected chi connectivity index (χ3v) is 4.08. The topological polar surface area (TPSA) is 55.0 Å². The summed E-state index contributed by atoms with van der Waals surface area (Å²) < 4.78 is 5.08. The maximum atomic E-state index is 11.8. The fourth-order valence-electron chi connectivity index (χ4n) is 3.03. The molecule has 0 bridgehead atoms. The van der Waals surface area contributed by atoms with Crippen LogP contribution in [0.15, 0.2) is 30.6 Å². The van der Waals surface area contributed by atoms with Gasteiger partial charge in [0.15, 0.2) is 0 Å². The zero-order chi connectivity index (χ0) is 14.7. The minimum Gasteiger partial charge on any atom is -0.462 e. The molecule has 1 N–H and O–H groups in total. The summed E-state index contributed by atoms with van der Waals surface area (Å²) in [6, 6.07) is 5.95. The van der Waals surface area contributed by atoms with Crippen LogP contribution in [0.5, 0.6) is 0 Å². The van der Waals surface area contributed by atoms with Crippen LogP contribution in [-0.4, -0.2) is 22.5 Å². The number of aryl methyl sites for hydroxylation is 1. The van der Waals surface area contributed by atoms with Crippen LogP contribution in [-0.2, 0) is 24.0 Å². The fraction of sp³-hybridized carbons (Fsp3) is 0.412. The van der Waals surface area contributed by atoms with Crippen molar-refractivity contribution in [3.63, 3.8) is 0 Å². The number of ether oxygens (including phenoxy) is 1. The van der Waals surface area contributed by atoms with Crippen molar-refractivity contribution in [1.29, 1.82) is 0 Å². The molecule has 0 spiro atoms. The number of fused-ring (bicyclic) bond motifs is 1.